The Balaban J connectivity index is 2.93. The molecule has 1 aliphatic rings. The molecular formula is C35H56O10. The summed E-state index contributed by atoms with van der Waals surface area (Å²) in [5.41, 5.74) is 0. The average molecular weight is 637 g/mol. The maximum absolute atomic E-state index is 12.4. The molecule has 0 aromatic heterocycles. The van der Waals surface area contributed by atoms with Gasteiger partial charge < -0.3 is 45.6 Å². The SMILES string of the molecule is CC(C)[C@@H]1OC(=O)/C=C/C=C/C=C/C=C\C=C\C[C@H](O)C[C@H](O)C[C@H](O)C[C@@H](O)C[C@H](O)C[C@H](O)C[C@@H](O)C[C@@H](O)/C=C/[C@@H]1C. The summed E-state index contributed by atoms with van der Waals surface area (Å²) < 4.78 is 5.64. The minimum Gasteiger partial charge on any atom is -0.458 e. The van der Waals surface area contributed by atoms with Gasteiger partial charge >= 0.3 is 5.97 Å². The van der Waals surface area contributed by atoms with Crippen LogP contribution < -0.4 is 0 Å². The van der Waals surface area contributed by atoms with E-state index in [9.17, 15) is 45.6 Å². The molecule has 0 aromatic rings. The number of aliphatic hydroxyl groups is 8. The van der Waals surface area contributed by atoms with E-state index in [0.29, 0.717) is 6.42 Å². The molecule has 0 spiro atoms. The lowest BCUT2D eigenvalue weighted by atomic mass is 9.93. The molecule has 1 rings (SSSR count). The van der Waals surface area contributed by atoms with Crippen LogP contribution in [-0.2, 0) is 9.53 Å². The standard InChI is InChI=1S/C35H56O10/c1-24(2)35-25(3)15-16-27(37)18-29(39)20-31(41)22-33(43)23-32(42)21-30(40)19-28(38)17-26(36)13-11-9-7-5-4-6-8-10-12-14-34(44)45-35/h4-12,14-16,24-33,35-43H,13,17-23H2,1-3H3/b6-4+,7-5-,10-8+,11-9+,14-12+,16-15+/t25-,26-,27-,28-,29-,30-,31+,32+,33+,35-/m0/s1. The van der Waals surface area contributed by atoms with Gasteiger partial charge in [-0.05, 0) is 50.9 Å². The van der Waals surface area contributed by atoms with Crippen molar-refractivity contribution in [2.24, 2.45) is 11.8 Å². The summed E-state index contributed by atoms with van der Waals surface area (Å²) in [5.74, 6) is -0.714. The summed E-state index contributed by atoms with van der Waals surface area (Å²) in [6.45, 7) is 5.72. The maximum Gasteiger partial charge on any atom is 0.331 e. The predicted octanol–water partition coefficient (Wildman–Crippen LogP) is 2.55. The summed E-state index contributed by atoms with van der Waals surface area (Å²) in [7, 11) is 0. The van der Waals surface area contributed by atoms with Gasteiger partial charge in [-0.15, -0.1) is 0 Å². The number of carbonyl (C=O) groups excluding carboxylic acids is 1. The molecule has 0 aliphatic carbocycles. The molecule has 0 amide bonds. The quantitative estimate of drug-likeness (QED) is 0.157. The summed E-state index contributed by atoms with van der Waals surface area (Å²) in [6.07, 6.45) is 11.4. The van der Waals surface area contributed by atoms with Crippen LogP contribution in [0.15, 0.2) is 72.9 Å². The van der Waals surface area contributed by atoms with Gasteiger partial charge in [-0.1, -0.05) is 87.6 Å². The third-order valence-electron chi connectivity index (χ3n) is 7.40. The van der Waals surface area contributed by atoms with E-state index in [4.69, 9.17) is 4.74 Å². The maximum atomic E-state index is 12.4. The van der Waals surface area contributed by atoms with Gasteiger partial charge in [-0.25, -0.2) is 4.79 Å². The van der Waals surface area contributed by atoms with Crippen molar-refractivity contribution in [2.75, 3.05) is 0 Å². The molecule has 0 aromatic carbocycles. The topological polar surface area (TPSA) is 188 Å². The van der Waals surface area contributed by atoms with E-state index in [1.165, 1.54) is 12.2 Å². The van der Waals surface area contributed by atoms with Gasteiger partial charge in [0.1, 0.15) is 6.10 Å². The number of cyclic esters (lactones) is 1. The number of allylic oxidation sites excluding steroid dienone is 8. The fourth-order valence-corrected chi connectivity index (χ4v) is 5.19. The van der Waals surface area contributed by atoms with E-state index in [-0.39, 0.29) is 56.8 Å². The predicted molar refractivity (Wildman–Crippen MR) is 174 cm³/mol. The number of ether oxygens (including phenoxy) is 1. The van der Waals surface area contributed by atoms with Gasteiger partial charge in [0.25, 0.3) is 0 Å². The first-order valence-corrected chi connectivity index (χ1v) is 15.9. The molecule has 10 atom stereocenters. The molecule has 0 fully saturated rings. The van der Waals surface area contributed by atoms with Crippen LogP contribution in [0.3, 0.4) is 0 Å². The molecule has 0 unspecified atom stereocenters. The molecule has 10 heteroatoms. The van der Waals surface area contributed by atoms with Crippen LogP contribution in [0.1, 0.15) is 72.1 Å². The van der Waals surface area contributed by atoms with Gasteiger partial charge in [0.2, 0.25) is 0 Å². The second-order valence-corrected chi connectivity index (χ2v) is 12.4. The molecule has 8 N–H and O–H groups in total. The Kier molecular flexibility index (Phi) is 20.8. The molecule has 0 saturated carbocycles. The fourth-order valence-electron chi connectivity index (χ4n) is 5.19. The molecule has 45 heavy (non-hydrogen) atoms. The van der Waals surface area contributed by atoms with Gasteiger partial charge in [0.15, 0.2) is 0 Å². The van der Waals surface area contributed by atoms with E-state index in [1.807, 2.05) is 20.8 Å². The molecule has 0 saturated heterocycles. The minimum atomic E-state index is -1.10. The number of aliphatic hydroxyl groups excluding tert-OH is 8. The first kappa shape index (κ1) is 40.6. The van der Waals surface area contributed by atoms with Crippen LogP contribution >= 0.6 is 0 Å². The Bertz CT molecular complexity index is 985. The van der Waals surface area contributed by atoms with Crippen molar-refractivity contribution in [3.8, 4) is 0 Å². The zero-order valence-electron chi connectivity index (χ0n) is 26.8. The number of esters is 1. The lowest BCUT2D eigenvalue weighted by Crippen LogP contribution is -2.30. The Labute approximate surface area is 268 Å². The Morgan fingerprint density at radius 3 is 1.44 bits per heavy atom. The lowest BCUT2D eigenvalue weighted by molar-refractivity contribution is -0.147. The molecule has 1 heterocycles. The highest BCUT2D eigenvalue weighted by atomic mass is 16.5. The van der Waals surface area contributed by atoms with Crippen molar-refractivity contribution >= 4 is 5.97 Å². The fraction of sp³-hybridized carbons (Fsp3) is 0.629. The second kappa shape index (κ2) is 23.0. The monoisotopic (exact) mass is 636 g/mol. The van der Waals surface area contributed by atoms with Crippen molar-refractivity contribution < 1.29 is 50.4 Å². The first-order chi connectivity index (χ1) is 21.3. The Hall–Kier alpha value is -2.41. The van der Waals surface area contributed by atoms with E-state index in [0.717, 1.165) is 0 Å². The van der Waals surface area contributed by atoms with Gasteiger partial charge in [0.05, 0.1) is 48.8 Å². The van der Waals surface area contributed by atoms with Gasteiger partial charge in [-0.3, -0.25) is 0 Å². The molecule has 256 valence electrons. The van der Waals surface area contributed by atoms with Crippen LogP contribution in [0.5, 0.6) is 0 Å². The van der Waals surface area contributed by atoms with Crippen LogP contribution in [0.2, 0.25) is 0 Å². The highest BCUT2D eigenvalue weighted by Gasteiger charge is 2.25. The van der Waals surface area contributed by atoms with Crippen LogP contribution in [-0.4, -0.2) is 102 Å². The van der Waals surface area contributed by atoms with Gasteiger partial charge in [-0.2, -0.15) is 0 Å². The number of rotatable bonds is 1. The van der Waals surface area contributed by atoms with E-state index < -0.39 is 60.9 Å². The van der Waals surface area contributed by atoms with Gasteiger partial charge in [0, 0.05) is 18.4 Å². The van der Waals surface area contributed by atoms with Crippen molar-refractivity contribution in [3.05, 3.63) is 72.9 Å². The smallest absolute Gasteiger partial charge is 0.331 e. The van der Waals surface area contributed by atoms with Crippen LogP contribution in [0.4, 0.5) is 0 Å². The zero-order valence-corrected chi connectivity index (χ0v) is 26.8. The van der Waals surface area contributed by atoms with E-state index in [1.54, 1.807) is 60.8 Å². The molecule has 0 radical (unpaired) electrons. The lowest BCUT2D eigenvalue weighted by Gasteiger charge is -2.25. The number of hydrogen-bond donors (Lipinski definition) is 8. The van der Waals surface area contributed by atoms with E-state index in [2.05, 4.69) is 0 Å². The third kappa shape index (κ3) is 20.4. The highest BCUT2D eigenvalue weighted by molar-refractivity contribution is 5.82. The summed E-state index contributed by atoms with van der Waals surface area (Å²) in [5, 5.41) is 82.4. The second-order valence-electron chi connectivity index (χ2n) is 12.4. The molecule has 10 nitrogen and oxygen atoms in total. The minimum absolute atomic E-state index is 0.00472. The zero-order chi connectivity index (χ0) is 33.8. The highest BCUT2D eigenvalue weighted by Crippen LogP contribution is 2.20. The van der Waals surface area contributed by atoms with Crippen molar-refractivity contribution in [3.63, 3.8) is 0 Å². The van der Waals surface area contributed by atoms with Crippen molar-refractivity contribution in [1.82, 2.24) is 0 Å². The number of carbonyl (C=O) groups is 1. The summed E-state index contributed by atoms with van der Waals surface area (Å²) in [6, 6.07) is 0. The Morgan fingerprint density at radius 2 is 0.978 bits per heavy atom. The average Bonchev–Trinajstić information content (AvgIpc) is 2.91. The first-order valence-electron chi connectivity index (χ1n) is 15.9. The van der Waals surface area contributed by atoms with Crippen LogP contribution in [0, 0.1) is 11.8 Å². The largest absolute Gasteiger partial charge is 0.458 e. The van der Waals surface area contributed by atoms with E-state index >= 15 is 0 Å². The van der Waals surface area contributed by atoms with Crippen molar-refractivity contribution in [2.45, 2.75) is 127 Å². The molecular weight excluding hydrogens is 580 g/mol. The Morgan fingerprint density at radius 1 is 0.578 bits per heavy atom. The molecule has 0 bridgehead atoms. The summed E-state index contributed by atoms with van der Waals surface area (Å²) in [4.78, 5) is 12.4. The normalized spacial score (nSPS) is 39.3. The van der Waals surface area contributed by atoms with Crippen molar-refractivity contribution in [1.29, 1.82) is 0 Å². The molecule has 1 aliphatic heterocycles. The summed E-state index contributed by atoms with van der Waals surface area (Å²) >= 11 is 0. The van der Waals surface area contributed by atoms with Crippen LogP contribution in [0.25, 0.3) is 0 Å². The number of hydrogen-bond acceptors (Lipinski definition) is 10. The third-order valence-corrected chi connectivity index (χ3v) is 7.40.